The van der Waals surface area contributed by atoms with Crippen LogP contribution in [0.5, 0.6) is 5.75 Å². The van der Waals surface area contributed by atoms with Crippen molar-refractivity contribution >= 4 is 12.6 Å². The van der Waals surface area contributed by atoms with Crippen LogP contribution in [-0.2, 0) is 0 Å². The third-order valence-corrected chi connectivity index (χ3v) is 2.42. The molecule has 0 fully saturated rings. The Bertz CT molecular complexity index is 456. The third kappa shape index (κ3) is 2.44. The average Bonchev–Trinajstić information content (AvgIpc) is 2.33. The minimum Gasteiger partial charge on any atom is -0.532 e. The summed E-state index contributed by atoms with van der Waals surface area (Å²) < 4.78 is 5.49. The minimum absolute atomic E-state index is 0.707. The number of rotatable bonds is 3. The fourth-order valence-electron chi connectivity index (χ4n) is 1.49. The molecular formula is C13H13BO2. The van der Waals surface area contributed by atoms with E-state index in [0.717, 1.165) is 11.0 Å². The number of hydrogen-bond acceptors (Lipinski definition) is 2. The molecule has 0 unspecified atom stereocenters. The molecule has 0 aliphatic rings. The second-order valence-electron chi connectivity index (χ2n) is 3.65. The highest BCUT2D eigenvalue weighted by molar-refractivity contribution is 6.60. The van der Waals surface area contributed by atoms with Gasteiger partial charge in [0.05, 0.1) is 0 Å². The van der Waals surface area contributed by atoms with Gasteiger partial charge in [-0.15, -0.1) is 0 Å². The molecule has 0 saturated carbocycles. The van der Waals surface area contributed by atoms with Crippen LogP contribution < -0.4 is 10.1 Å². The maximum absolute atomic E-state index is 9.88. The lowest BCUT2D eigenvalue weighted by Crippen LogP contribution is -2.36. The molecule has 0 aromatic heterocycles. The number of hydrogen-bond donors (Lipinski definition) is 1. The van der Waals surface area contributed by atoms with Gasteiger partial charge in [-0.25, -0.2) is 0 Å². The summed E-state index contributed by atoms with van der Waals surface area (Å²) in [5.41, 5.74) is 1.77. The van der Waals surface area contributed by atoms with Crippen LogP contribution in [-0.4, -0.2) is 12.1 Å². The van der Waals surface area contributed by atoms with E-state index in [2.05, 4.69) is 0 Å². The number of para-hydroxylation sites is 1. The van der Waals surface area contributed by atoms with Crippen molar-refractivity contribution in [2.75, 3.05) is 0 Å². The zero-order valence-corrected chi connectivity index (χ0v) is 9.13. The molecule has 0 bridgehead atoms. The molecular weight excluding hydrogens is 199 g/mol. The van der Waals surface area contributed by atoms with E-state index in [0.29, 0.717) is 5.75 Å². The Morgan fingerprint density at radius 2 is 1.56 bits per heavy atom. The van der Waals surface area contributed by atoms with E-state index in [4.69, 9.17) is 4.65 Å². The van der Waals surface area contributed by atoms with Crippen LogP contribution in [0.15, 0.2) is 54.6 Å². The summed E-state index contributed by atoms with van der Waals surface area (Å²) in [5, 5.41) is 9.88. The van der Waals surface area contributed by atoms with Crippen LogP contribution in [0.25, 0.3) is 0 Å². The van der Waals surface area contributed by atoms with Crippen molar-refractivity contribution in [2.24, 2.45) is 0 Å². The van der Waals surface area contributed by atoms with Gasteiger partial charge in [0.25, 0.3) is 0 Å². The third-order valence-electron chi connectivity index (χ3n) is 2.42. The zero-order chi connectivity index (χ0) is 11.4. The van der Waals surface area contributed by atoms with Crippen LogP contribution in [0, 0.1) is 6.92 Å². The van der Waals surface area contributed by atoms with Gasteiger partial charge in [0.15, 0.2) is 0 Å². The van der Waals surface area contributed by atoms with Gasteiger partial charge < -0.3 is 9.68 Å². The van der Waals surface area contributed by atoms with Crippen LogP contribution in [0.1, 0.15) is 5.56 Å². The first kappa shape index (κ1) is 10.8. The average molecular weight is 212 g/mol. The summed E-state index contributed by atoms with van der Waals surface area (Å²) in [6, 6.07) is 17.0. The van der Waals surface area contributed by atoms with Crippen molar-refractivity contribution in [1.29, 1.82) is 0 Å². The second kappa shape index (κ2) is 4.86. The summed E-state index contributed by atoms with van der Waals surface area (Å²) in [6.45, 7) is 1.95. The van der Waals surface area contributed by atoms with Crippen LogP contribution >= 0.6 is 0 Å². The summed E-state index contributed by atoms with van der Waals surface area (Å²) in [7, 11) is -0.915. The highest BCUT2D eigenvalue weighted by Gasteiger charge is 2.18. The summed E-state index contributed by atoms with van der Waals surface area (Å²) in [6.07, 6.45) is 0. The molecule has 1 N–H and O–H groups in total. The van der Waals surface area contributed by atoms with Gasteiger partial charge in [-0.3, -0.25) is 0 Å². The van der Waals surface area contributed by atoms with Gasteiger partial charge in [-0.2, -0.15) is 0 Å². The molecule has 2 rings (SSSR count). The fourth-order valence-corrected chi connectivity index (χ4v) is 1.49. The summed E-state index contributed by atoms with van der Waals surface area (Å²) in [4.78, 5) is 0. The van der Waals surface area contributed by atoms with Gasteiger partial charge in [0, 0.05) is 0 Å². The van der Waals surface area contributed by atoms with Gasteiger partial charge in [-0.05, 0) is 24.0 Å². The fraction of sp³-hybridized carbons (Fsp3) is 0.0769. The Morgan fingerprint density at radius 3 is 2.25 bits per heavy atom. The molecule has 0 amide bonds. The van der Waals surface area contributed by atoms with E-state index in [1.165, 1.54) is 0 Å². The Hall–Kier alpha value is -1.74. The molecule has 0 spiro atoms. The number of aryl methyl sites for hydroxylation is 1. The molecule has 0 aliphatic heterocycles. The van der Waals surface area contributed by atoms with Crippen molar-refractivity contribution < 1.29 is 9.68 Å². The molecule has 3 heteroatoms. The van der Waals surface area contributed by atoms with Gasteiger partial charge >= 0.3 is 7.12 Å². The maximum Gasteiger partial charge on any atom is 0.560 e. The van der Waals surface area contributed by atoms with Gasteiger partial charge in [0.2, 0.25) is 0 Å². The highest BCUT2D eigenvalue weighted by Crippen LogP contribution is 2.16. The zero-order valence-electron chi connectivity index (χ0n) is 9.13. The lowest BCUT2D eigenvalue weighted by atomic mass is 9.79. The van der Waals surface area contributed by atoms with E-state index < -0.39 is 7.12 Å². The highest BCUT2D eigenvalue weighted by atomic mass is 16.5. The quantitative estimate of drug-likeness (QED) is 0.785. The molecule has 16 heavy (non-hydrogen) atoms. The van der Waals surface area contributed by atoms with Crippen LogP contribution in [0.2, 0.25) is 0 Å². The molecule has 2 aromatic carbocycles. The Labute approximate surface area is 95.7 Å². The lowest BCUT2D eigenvalue weighted by Gasteiger charge is -2.11. The number of benzene rings is 2. The molecule has 0 aliphatic carbocycles. The first-order valence-corrected chi connectivity index (χ1v) is 5.22. The van der Waals surface area contributed by atoms with Gasteiger partial charge in [0.1, 0.15) is 5.75 Å². The largest absolute Gasteiger partial charge is 0.560 e. The summed E-state index contributed by atoms with van der Waals surface area (Å²) in [5.74, 6) is 0.707. The topological polar surface area (TPSA) is 29.5 Å². The normalized spacial score (nSPS) is 9.88. The second-order valence-corrected chi connectivity index (χ2v) is 3.65. The molecule has 0 heterocycles. The van der Waals surface area contributed by atoms with E-state index >= 15 is 0 Å². The molecule has 2 nitrogen and oxygen atoms in total. The van der Waals surface area contributed by atoms with E-state index in [1.807, 2.05) is 61.5 Å². The Kier molecular flexibility index (Phi) is 3.27. The van der Waals surface area contributed by atoms with Crippen molar-refractivity contribution in [1.82, 2.24) is 0 Å². The predicted molar refractivity (Wildman–Crippen MR) is 65.9 cm³/mol. The van der Waals surface area contributed by atoms with Crippen molar-refractivity contribution in [3.63, 3.8) is 0 Å². The molecule has 2 aromatic rings. The van der Waals surface area contributed by atoms with Crippen LogP contribution in [0.4, 0.5) is 0 Å². The van der Waals surface area contributed by atoms with Crippen LogP contribution in [0.3, 0.4) is 0 Å². The minimum atomic E-state index is -0.915. The Morgan fingerprint density at radius 1 is 0.938 bits per heavy atom. The van der Waals surface area contributed by atoms with E-state index in [1.54, 1.807) is 0 Å². The molecule has 0 saturated heterocycles. The predicted octanol–water partition coefficient (Wildman–Crippen LogP) is 1.76. The van der Waals surface area contributed by atoms with E-state index in [9.17, 15) is 5.02 Å². The standard InChI is InChI=1S/C13H13BO2/c1-11-7-5-6-10-13(11)16-14(15)12-8-3-2-4-9-12/h2-10,15H,1H3. The molecule has 0 atom stereocenters. The first-order valence-electron chi connectivity index (χ1n) is 5.22. The monoisotopic (exact) mass is 212 g/mol. The van der Waals surface area contributed by atoms with Crippen molar-refractivity contribution in [3.8, 4) is 5.75 Å². The first-order chi connectivity index (χ1) is 7.77. The van der Waals surface area contributed by atoms with Crippen molar-refractivity contribution in [2.45, 2.75) is 6.92 Å². The Balaban J connectivity index is 2.14. The molecule has 0 radical (unpaired) electrons. The SMILES string of the molecule is Cc1ccccc1OB(O)c1ccccc1. The maximum atomic E-state index is 9.88. The van der Waals surface area contributed by atoms with Crippen molar-refractivity contribution in [3.05, 3.63) is 60.2 Å². The smallest absolute Gasteiger partial charge is 0.532 e. The van der Waals surface area contributed by atoms with Gasteiger partial charge in [-0.1, -0.05) is 48.5 Å². The summed E-state index contributed by atoms with van der Waals surface area (Å²) >= 11 is 0. The lowest BCUT2D eigenvalue weighted by molar-refractivity contribution is 0.431. The molecule has 80 valence electrons. The van der Waals surface area contributed by atoms with E-state index in [-0.39, 0.29) is 0 Å².